The molecule has 2 N–H and O–H groups in total. The number of hydrogen-bond acceptors (Lipinski definition) is 4. The summed E-state index contributed by atoms with van der Waals surface area (Å²) < 4.78 is 23.6. The Balaban J connectivity index is 2.29. The van der Waals surface area contributed by atoms with Crippen LogP contribution in [0, 0.1) is 0 Å². The van der Waals surface area contributed by atoms with Crippen LogP contribution >= 0.6 is 0 Å². The molecule has 2 aliphatic heterocycles. The Morgan fingerprint density at radius 3 is 2.59 bits per heavy atom. The molecule has 3 unspecified atom stereocenters. The second-order valence-electron chi connectivity index (χ2n) is 5.67. The molecule has 2 fully saturated rings. The van der Waals surface area contributed by atoms with Crippen molar-refractivity contribution in [2.75, 3.05) is 18.1 Å². The number of rotatable bonds is 3. The van der Waals surface area contributed by atoms with Gasteiger partial charge >= 0.3 is 0 Å². The molecule has 2 aliphatic rings. The maximum Gasteiger partial charge on any atom is 0.152 e. The van der Waals surface area contributed by atoms with Crippen LogP contribution < -0.4 is 5.73 Å². The first-order chi connectivity index (χ1) is 7.94. The van der Waals surface area contributed by atoms with E-state index < -0.39 is 9.84 Å². The molecule has 0 aromatic rings. The zero-order valence-corrected chi connectivity index (χ0v) is 11.7. The molecule has 0 radical (unpaired) electrons. The lowest BCUT2D eigenvalue weighted by Gasteiger charge is -2.43. The van der Waals surface area contributed by atoms with E-state index in [4.69, 9.17) is 5.73 Å². The Labute approximate surface area is 104 Å². The number of nitrogens with two attached hydrogens (primary N) is 1. The van der Waals surface area contributed by atoms with Gasteiger partial charge in [0.25, 0.3) is 0 Å². The Kier molecular flexibility index (Phi) is 3.54. The van der Waals surface area contributed by atoms with Crippen molar-refractivity contribution in [3.63, 3.8) is 0 Å². The standard InChI is InChI=1S/C12H24N2O2S/c1-3-11-5-4-10(2)14(11)12(8-13)6-7-17(15,16)9-12/h10-11H,3-9,13H2,1-2H3. The van der Waals surface area contributed by atoms with E-state index in [1.54, 1.807) is 0 Å². The van der Waals surface area contributed by atoms with Gasteiger partial charge < -0.3 is 5.73 Å². The first-order valence-electron chi connectivity index (χ1n) is 6.63. The monoisotopic (exact) mass is 260 g/mol. The highest BCUT2D eigenvalue weighted by Gasteiger charge is 2.50. The predicted molar refractivity (Wildman–Crippen MR) is 69.7 cm³/mol. The average Bonchev–Trinajstić information content (AvgIpc) is 2.80. The molecule has 2 rings (SSSR count). The summed E-state index contributed by atoms with van der Waals surface area (Å²) in [5, 5.41) is 0. The van der Waals surface area contributed by atoms with Crippen molar-refractivity contribution in [1.29, 1.82) is 0 Å². The van der Waals surface area contributed by atoms with Crippen molar-refractivity contribution in [3.05, 3.63) is 0 Å². The minimum atomic E-state index is -2.88. The molecule has 4 nitrogen and oxygen atoms in total. The van der Waals surface area contributed by atoms with Crippen LogP contribution in [0.15, 0.2) is 0 Å². The van der Waals surface area contributed by atoms with E-state index in [1.807, 2.05) is 0 Å². The summed E-state index contributed by atoms with van der Waals surface area (Å²) in [5.41, 5.74) is 5.66. The van der Waals surface area contributed by atoms with Gasteiger partial charge in [0.2, 0.25) is 0 Å². The maximum absolute atomic E-state index is 11.8. The molecule has 5 heteroatoms. The molecular formula is C12H24N2O2S. The van der Waals surface area contributed by atoms with Crippen LogP contribution in [0.3, 0.4) is 0 Å². The minimum Gasteiger partial charge on any atom is -0.329 e. The van der Waals surface area contributed by atoms with Gasteiger partial charge in [-0.2, -0.15) is 0 Å². The lowest BCUT2D eigenvalue weighted by atomic mass is 9.94. The molecule has 2 heterocycles. The van der Waals surface area contributed by atoms with Gasteiger partial charge in [0.1, 0.15) is 0 Å². The van der Waals surface area contributed by atoms with E-state index in [-0.39, 0.29) is 11.3 Å². The van der Waals surface area contributed by atoms with E-state index in [1.165, 1.54) is 12.8 Å². The maximum atomic E-state index is 11.8. The van der Waals surface area contributed by atoms with Crippen LogP contribution in [-0.2, 0) is 9.84 Å². The Bertz CT molecular complexity index is 382. The summed E-state index contributed by atoms with van der Waals surface area (Å²) in [6, 6.07) is 0.985. The quantitative estimate of drug-likeness (QED) is 0.814. The molecular weight excluding hydrogens is 236 g/mol. The van der Waals surface area contributed by atoms with Gasteiger partial charge in [-0.25, -0.2) is 8.42 Å². The molecule has 100 valence electrons. The van der Waals surface area contributed by atoms with E-state index in [2.05, 4.69) is 18.7 Å². The highest BCUT2D eigenvalue weighted by molar-refractivity contribution is 7.91. The average molecular weight is 260 g/mol. The summed E-state index contributed by atoms with van der Waals surface area (Å²) in [5.74, 6) is 0.571. The van der Waals surface area contributed by atoms with Crippen LogP contribution in [0.5, 0.6) is 0 Å². The van der Waals surface area contributed by atoms with Crippen LogP contribution in [0.4, 0.5) is 0 Å². The van der Waals surface area contributed by atoms with Crippen molar-refractivity contribution in [3.8, 4) is 0 Å². The summed E-state index contributed by atoms with van der Waals surface area (Å²) >= 11 is 0. The Morgan fingerprint density at radius 2 is 2.12 bits per heavy atom. The van der Waals surface area contributed by atoms with E-state index in [9.17, 15) is 8.42 Å². The van der Waals surface area contributed by atoms with Crippen molar-refractivity contribution in [2.45, 2.75) is 57.2 Å². The predicted octanol–water partition coefficient (Wildman–Crippen LogP) is 0.765. The lowest BCUT2D eigenvalue weighted by molar-refractivity contribution is 0.0647. The molecule has 0 spiro atoms. The third-order valence-electron chi connectivity index (χ3n) is 4.55. The van der Waals surface area contributed by atoms with E-state index in [0.717, 1.165) is 6.42 Å². The van der Waals surface area contributed by atoms with Crippen LogP contribution in [0.25, 0.3) is 0 Å². The zero-order valence-electron chi connectivity index (χ0n) is 10.9. The molecule has 2 saturated heterocycles. The molecule has 0 aliphatic carbocycles. The number of likely N-dealkylation sites (tertiary alicyclic amines) is 1. The van der Waals surface area contributed by atoms with Gasteiger partial charge in [-0.1, -0.05) is 6.92 Å². The van der Waals surface area contributed by atoms with Crippen LogP contribution in [0.2, 0.25) is 0 Å². The van der Waals surface area contributed by atoms with Crippen molar-refractivity contribution in [1.82, 2.24) is 4.90 Å². The number of hydrogen-bond donors (Lipinski definition) is 1. The third kappa shape index (κ3) is 2.25. The molecule has 3 atom stereocenters. The van der Waals surface area contributed by atoms with Gasteiger partial charge in [-0.3, -0.25) is 4.90 Å². The fraction of sp³-hybridized carbons (Fsp3) is 1.00. The smallest absolute Gasteiger partial charge is 0.152 e. The summed E-state index contributed by atoms with van der Waals surface area (Å²) in [4.78, 5) is 2.43. The van der Waals surface area contributed by atoms with Crippen molar-refractivity contribution >= 4 is 9.84 Å². The highest BCUT2D eigenvalue weighted by atomic mass is 32.2. The highest BCUT2D eigenvalue weighted by Crippen LogP contribution is 2.39. The van der Waals surface area contributed by atoms with Gasteiger partial charge in [-0.15, -0.1) is 0 Å². The fourth-order valence-electron chi connectivity index (χ4n) is 3.70. The first-order valence-corrected chi connectivity index (χ1v) is 8.45. The molecule has 0 bridgehead atoms. The summed E-state index contributed by atoms with van der Waals surface area (Å²) in [7, 11) is -2.88. The van der Waals surface area contributed by atoms with Gasteiger partial charge in [-0.05, 0) is 32.6 Å². The minimum absolute atomic E-state index is 0.261. The lowest BCUT2D eigenvalue weighted by Crippen LogP contribution is -2.58. The molecule has 0 aromatic carbocycles. The van der Waals surface area contributed by atoms with Gasteiger partial charge in [0.15, 0.2) is 9.84 Å². The first kappa shape index (κ1) is 13.3. The molecule has 0 aromatic heterocycles. The molecule has 17 heavy (non-hydrogen) atoms. The fourth-order valence-corrected chi connectivity index (χ4v) is 5.76. The van der Waals surface area contributed by atoms with Crippen LogP contribution in [-0.4, -0.2) is 49.0 Å². The van der Waals surface area contributed by atoms with Crippen molar-refractivity contribution < 1.29 is 8.42 Å². The third-order valence-corrected chi connectivity index (χ3v) is 6.36. The Morgan fingerprint density at radius 1 is 1.41 bits per heavy atom. The SMILES string of the molecule is CCC1CCC(C)N1C1(CN)CCS(=O)(=O)C1. The molecule has 0 amide bonds. The second-order valence-corrected chi connectivity index (χ2v) is 7.85. The topological polar surface area (TPSA) is 63.4 Å². The normalized spacial score (nSPS) is 42.1. The van der Waals surface area contributed by atoms with Gasteiger partial charge in [0, 0.05) is 24.2 Å². The zero-order chi connectivity index (χ0) is 12.7. The Hall–Kier alpha value is -0.130. The summed E-state index contributed by atoms with van der Waals surface area (Å²) in [6.45, 7) is 4.86. The van der Waals surface area contributed by atoms with E-state index >= 15 is 0 Å². The number of nitrogens with zero attached hydrogens (tertiary/aromatic N) is 1. The van der Waals surface area contributed by atoms with Crippen molar-refractivity contribution in [2.24, 2.45) is 5.73 Å². The largest absolute Gasteiger partial charge is 0.329 e. The van der Waals surface area contributed by atoms with Gasteiger partial charge in [0.05, 0.1) is 11.5 Å². The van der Waals surface area contributed by atoms with Crippen LogP contribution in [0.1, 0.15) is 39.5 Å². The number of sulfone groups is 1. The second kappa shape index (κ2) is 4.52. The molecule has 0 saturated carbocycles. The summed E-state index contributed by atoms with van der Waals surface area (Å²) in [6.07, 6.45) is 4.15. The van der Waals surface area contributed by atoms with E-state index in [0.29, 0.717) is 30.8 Å².